The van der Waals surface area contributed by atoms with Gasteiger partial charge in [-0.2, -0.15) is 0 Å². The number of oxime groups is 1. The first-order valence-corrected chi connectivity index (χ1v) is 13.2. The third kappa shape index (κ3) is 4.56. The average molecular weight is 508 g/mol. The Hall–Kier alpha value is -3.13. The van der Waals surface area contributed by atoms with Crippen LogP contribution in [0.2, 0.25) is 0 Å². The molecule has 8 heteroatoms. The predicted molar refractivity (Wildman–Crippen MR) is 138 cm³/mol. The van der Waals surface area contributed by atoms with Crippen molar-refractivity contribution in [1.82, 2.24) is 9.80 Å². The number of carboxylic acid groups (broad SMARTS) is 1. The molecule has 4 aliphatic rings. The number of hydrogen-bond donors (Lipinski definition) is 1. The minimum atomic E-state index is -0.717. The summed E-state index contributed by atoms with van der Waals surface area (Å²) in [5.74, 6) is 1.44. The van der Waals surface area contributed by atoms with Gasteiger partial charge in [-0.05, 0) is 79.5 Å². The summed E-state index contributed by atoms with van der Waals surface area (Å²) >= 11 is 0. The number of likely N-dealkylation sites (tertiary alicyclic amines) is 2. The van der Waals surface area contributed by atoms with Gasteiger partial charge in [0.15, 0.2) is 5.60 Å². The molecule has 2 aromatic carbocycles. The first-order valence-electron chi connectivity index (χ1n) is 13.2. The zero-order valence-corrected chi connectivity index (χ0v) is 21.5. The molecule has 6 rings (SSSR count). The van der Waals surface area contributed by atoms with Crippen LogP contribution in [0, 0.1) is 11.2 Å². The van der Waals surface area contributed by atoms with E-state index in [4.69, 9.17) is 9.57 Å². The fourth-order valence-electron chi connectivity index (χ4n) is 6.00. The molecular weight excluding hydrogens is 473 g/mol. The molecule has 3 aliphatic heterocycles. The largest absolute Gasteiger partial charge is 0.496 e. The fraction of sp³-hybridized carbons (Fsp3) is 0.517. The van der Waals surface area contributed by atoms with Crippen LogP contribution < -0.4 is 4.74 Å². The third-order valence-electron chi connectivity index (χ3n) is 8.62. The summed E-state index contributed by atoms with van der Waals surface area (Å²) in [5, 5.41) is 13.9. The van der Waals surface area contributed by atoms with Crippen molar-refractivity contribution in [2.45, 2.75) is 57.1 Å². The molecule has 196 valence electrons. The number of benzene rings is 2. The second-order valence-electron chi connectivity index (χ2n) is 11.5. The van der Waals surface area contributed by atoms with Gasteiger partial charge < -0.3 is 19.6 Å². The number of halogens is 1. The second-order valence-corrected chi connectivity index (χ2v) is 11.5. The highest BCUT2D eigenvalue weighted by Crippen LogP contribution is 2.47. The molecule has 0 atom stereocenters. The van der Waals surface area contributed by atoms with Crippen molar-refractivity contribution in [2.24, 2.45) is 10.6 Å². The van der Waals surface area contributed by atoms with E-state index in [1.807, 2.05) is 19.1 Å². The molecule has 0 bridgehead atoms. The molecule has 7 nitrogen and oxygen atoms in total. The number of aliphatic carboxylic acids is 1. The number of piperidine rings is 1. The van der Waals surface area contributed by atoms with Crippen molar-refractivity contribution in [2.75, 3.05) is 33.3 Å². The standard InChI is InChI=1S/C29H34FN3O4/c1-28(27(34)35)9-11-33(12-10-28)26-15-29(37-31-26)17-32(18-29)16-21-13-23(20-5-7-22(30)8-6-20)24(19-3-4-19)14-25(21)36-2/h5-8,13-14,19H,3-4,9-12,15-18H2,1-2H3,(H,34,35). The SMILES string of the molecule is COc1cc(C2CC2)c(-c2ccc(F)cc2)cc1CN1CC2(CC(N3CCC(C)(C(=O)O)CC3)=NO2)C1. The van der Waals surface area contributed by atoms with Crippen molar-refractivity contribution in [3.63, 3.8) is 0 Å². The molecule has 1 spiro atoms. The lowest BCUT2D eigenvalue weighted by molar-refractivity contribution is -0.150. The molecule has 3 fully saturated rings. The Labute approximate surface area is 216 Å². The Bertz CT molecular complexity index is 1230. The average Bonchev–Trinajstić information content (AvgIpc) is 3.63. The highest BCUT2D eigenvalue weighted by molar-refractivity contribution is 5.85. The maximum Gasteiger partial charge on any atom is 0.309 e. The lowest BCUT2D eigenvalue weighted by Crippen LogP contribution is -2.61. The van der Waals surface area contributed by atoms with E-state index in [2.05, 4.69) is 27.1 Å². The molecule has 1 aliphatic carbocycles. The molecule has 0 amide bonds. The van der Waals surface area contributed by atoms with Gasteiger partial charge in [-0.3, -0.25) is 9.69 Å². The van der Waals surface area contributed by atoms with Gasteiger partial charge in [0, 0.05) is 38.3 Å². The van der Waals surface area contributed by atoms with Gasteiger partial charge in [-0.1, -0.05) is 17.3 Å². The Morgan fingerprint density at radius 3 is 2.51 bits per heavy atom. The lowest BCUT2D eigenvalue weighted by atomic mass is 9.80. The highest BCUT2D eigenvalue weighted by atomic mass is 19.1. The first-order chi connectivity index (χ1) is 17.8. The Morgan fingerprint density at radius 2 is 1.89 bits per heavy atom. The van der Waals surface area contributed by atoms with E-state index in [0.29, 0.717) is 31.8 Å². The maximum absolute atomic E-state index is 13.6. The monoisotopic (exact) mass is 507 g/mol. The van der Waals surface area contributed by atoms with Crippen molar-refractivity contribution in [3.8, 4) is 16.9 Å². The van der Waals surface area contributed by atoms with E-state index in [1.165, 1.54) is 30.5 Å². The summed E-state index contributed by atoms with van der Waals surface area (Å²) in [5.41, 5.74) is 3.64. The van der Waals surface area contributed by atoms with Crippen LogP contribution in [0.1, 0.15) is 56.1 Å². The maximum atomic E-state index is 13.6. The third-order valence-corrected chi connectivity index (χ3v) is 8.62. The number of amidine groups is 1. The molecule has 3 heterocycles. The van der Waals surface area contributed by atoms with Crippen LogP contribution in [-0.2, 0) is 16.2 Å². The van der Waals surface area contributed by atoms with Gasteiger partial charge in [0.1, 0.15) is 17.4 Å². The minimum absolute atomic E-state index is 0.227. The Balaban J connectivity index is 1.12. The normalized spacial score (nSPS) is 22.4. The quantitative estimate of drug-likeness (QED) is 0.602. The molecule has 2 saturated heterocycles. The van der Waals surface area contributed by atoms with E-state index in [-0.39, 0.29) is 11.4 Å². The van der Waals surface area contributed by atoms with Crippen LogP contribution in [0.15, 0.2) is 41.6 Å². The van der Waals surface area contributed by atoms with E-state index in [9.17, 15) is 14.3 Å². The summed E-state index contributed by atoms with van der Waals surface area (Å²) in [6.07, 6.45) is 4.35. The van der Waals surface area contributed by atoms with Gasteiger partial charge in [-0.25, -0.2) is 4.39 Å². The lowest BCUT2D eigenvalue weighted by Gasteiger charge is -2.46. The molecule has 37 heavy (non-hydrogen) atoms. The molecular formula is C29H34FN3O4. The summed E-state index contributed by atoms with van der Waals surface area (Å²) in [4.78, 5) is 22.0. The van der Waals surface area contributed by atoms with Gasteiger partial charge in [0.05, 0.1) is 18.9 Å². The first kappa shape index (κ1) is 24.2. The zero-order valence-electron chi connectivity index (χ0n) is 21.5. The molecule has 0 unspecified atom stereocenters. The van der Waals surface area contributed by atoms with E-state index < -0.39 is 11.4 Å². The Morgan fingerprint density at radius 1 is 1.19 bits per heavy atom. The Kier molecular flexibility index (Phi) is 5.90. The van der Waals surface area contributed by atoms with Crippen LogP contribution in [0.4, 0.5) is 4.39 Å². The molecule has 1 N–H and O–H groups in total. The number of hydrogen-bond acceptors (Lipinski definition) is 6. The number of carbonyl (C=O) groups is 1. The fourth-order valence-corrected chi connectivity index (χ4v) is 6.00. The molecule has 0 radical (unpaired) electrons. The van der Waals surface area contributed by atoms with Crippen molar-refractivity contribution < 1.29 is 23.9 Å². The van der Waals surface area contributed by atoms with Crippen LogP contribution in [-0.4, -0.2) is 65.6 Å². The number of methoxy groups -OCH3 is 1. The van der Waals surface area contributed by atoms with Gasteiger partial charge in [0.2, 0.25) is 0 Å². The van der Waals surface area contributed by atoms with Crippen LogP contribution in [0.3, 0.4) is 0 Å². The van der Waals surface area contributed by atoms with Crippen molar-refractivity contribution in [1.29, 1.82) is 0 Å². The van der Waals surface area contributed by atoms with Crippen LogP contribution >= 0.6 is 0 Å². The van der Waals surface area contributed by atoms with Gasteiger partial charge in [-0.15, -0.1) is 0 Å². The topological polar surface area (TPSA) is 74.6 Å². The van der Waals surface area contributed by atoms with Crippen molar-refractivity contribution in [3.05, 3.63) is 53.3 Å². The number of ether oxygens (including phenoxy) is 1. The number of carboxylic acids is 1. The number of nitrogens with zero attached hydrogens (tertiary/aromatic N) is 3. The summed E-state index contributed by atoms with van der Waals surface area (Å²) in [7, 11) is 1.72. The minimum Gasteiger partial charge on any atom is -0.496 e. The predicted octanol–water partition coefficient (Wildman–Crippen LogP) is 4.85. The van der Waals surface area contributed by atoms with E-state index in [1.54, 1.807) is 7.11 Å². The highest BCUT2D eigenvalue weighted by Gasteiger charge is 2.51. The van der Waals surface area contributed by atoms with Gasteiger partial charge in [0.25, 0.3) is 0 Å². The molecule has 0 aromatic heterocycles. The van der Waals surface area contributed by atoms with Crippen molar-refractivity contribution >= 4 is 11.8 Å². The van der Waals surface area contributed by atoms with Gasteiger partial charge >= 0.3 is 5.97 Å². The zero-order chi connectivity index (χ0) is 25.8. The summed E-state index contributed by atoms with van der Waals surface area (Å²) in [6.45, 7) is 5.52. The number of rotatable bonds is 6. The van der Waals surface area contributed by atoms with Crippen LogP contribution in [0.25, 0.3) is 11.1 Å². The molecule has 1 saturated carbocycles. The van der Waals surface area contributed by atoms with Crippen LogP contribution in [0.5, 0.6) is 5.75 Å². The van der Waals surface area contributed by atoms with E-state index >= 15 is 0 Å². The summed E-state index contributed by atoms with van der Waals surface area (Å²) < 4.78 is 19.4. The summed E-state index contributed by atoms with van der Waals surface area (Å²) in [6, 6.07) is 11.2. The van der Waals surface area contributed by atoms with E-state index in [0.717, 1.165) is 54.3 Å². The second kappa shape index (κ2) is 9.01. The molecule has 2 aromatic rings. The smallest absolute Gasteiger partial charge is 0.309 e.